The molecule has 0 aromatic heterocycles. The molecular weight excluding hydrogens is 282 g/mol. The predicted octanol–water partition coefficient (Wildman–Crippen LogP) is 6.29. The van der Waals surface area contributed by atoms with Gasteiger partial charge in [0.2, 0.25) is 0 Å². The van der Waals surface area contributed by atoms with Crippen LogP contribution in [0.2, 0.25) is 0 Å². The van der Waals surface area contributed by atoms with Crippen LogP contribution in [-0.2, 0) is 6.42 Å². The number of unbranched alkanes of at least 4 members (excludes halogenated alkanes) is 3. The Kier molecular flexibility index (Phi) is 6.79. The number of hydrogen-bond donors (Lipinski definition) is 0. The summed E-state index contributed by atoms with van der Waals surface area (Å²) in [6.45, 7) is 2.24. The molecule has 3 heteroatoms. The van der Waals surface area contributed by atoms with Gasteiger partial charge >= 0.3 is 0 Å². The van der Waals surface area contributed by atoms with E-state index in [-0.39, 0.29) is 0 Å². The van der Waals surface area contributed by atoms with Crippen molar-refractivity contribution in [1.29, 1.82) is 0 Å². The van der Waals surface area contributed by atoms with Gasteiger partial charge in [0.15, 0.2) is 0 Å². The highest BCUT2D eigenvalue weighted by Crippen LogP contribution is 2.25. The van der Waals surface area contributed by atoms with Crippen LogP contribution in [-0.4, -0.2) is 14.1 Å². The quantitative estimate of drug-likeness (QED) is 0.416. The van der Waals surface area contributed by atoms with Gasteiger partial charge in [-0.2, -0.15) is 10.2 Å². The average Bonchev–Trinajstić information content (AvgIpc) is 2.58. The molecule has 2 rings (SSSR count). The summed E-state index contributed by atoms with van der Waals surface area (Å²) in [5.74, 6) is 0. The highest BCUT2D eigenvalue weighted by atomic mass is 15.1. The number of benzene rings is 2. The molecule has 0 bridgehead atoms. The summed E-state index contributed by atoms with van der Waals surface area (Å²) < 4.78 is 0. The summed E-state index contributed by atoms with van der Waals surface area (Å²) in [4.78, 5) is 2.08. The van der Waals surface area contributed by atoms with E-state index in [1.165, 1.54) is 36.9 Å². The van der Waals surface area contributed by atoms with Gasteiger partial charge in [-0.25, -0.2) is 0 Å². The second-order valence-corrected chi connectivity index (χ2v) is 6.05. The van der Waals surface area contributed by atoms with E-state index in [2.05, 4.69) is 46.3 Å². The topological polar surface area (TPSA) is 28.0 Å². The van der Waals surface area contributed by atoms with Gasteiger partial charge in [-0.15, -0.1) is 0 Å². The van der Waals surface area contributed by atoms with Crippen LogP contribution in [0.4, 0.5) is 17.1 Å². The maximum absolute atomic E-state index is 4.46. The van der Waals surface area contributed by atoms with Crippen LogP contribution in [0.1, 0.15) is 38.2 Å². The first-order chi connectivity index (χ1) is 11.2. The molecule has 0 spiro atoms. The summed E-state index contributed by atoms with van der Waals surface area (Å²) in [7, 11) is 4.07. The van der Waals surface area contributed by atoms with Gasteiger partial charge in [0, 0.05) is 19.8 Å². The number of hydrogen-bond acceptors (Lipinski definition) is 3. The van der Waals surface area contributed by atoms with Crippen molar-refractivity contribution in [3.05, 3.63) is 54.1 Å². The predicted molar refractivity (Wildman–Crippen MR) is 99.2 cm³/mol. The number of azo groups is 1. The molecule has 0 aliphatic rings. The van der Waals surface area contributed by atoms with Crippen molar-refractivity contribution in [2.45, 2.75) is 39.0 Å². The molecule has 0 aliphatic heterocycles. The van der Waals surface area contributed by atoms with Gasteiger partial charge in [0.1, 0.15) is 0 Å². The van der Waals surface area contributed by atoms with Gasteiger partial charge < -0.3 is 4.90 Å². The second kappa shape index (κ2) is 9.09. The van der Waals surface area contributed by atoms with E-state index in [0.29, 0.717) is 0 Å². The third kappa shape index (κ3) is 5.51. The number of aryl methyl sites for hydroxylation is 1. The van der Waals surface area contributed by atoms with Crippen LogP contribution in [0.5, 0.6) is 0 Å². The Morgan fingerprint density at radius 3 is 2.26 bits per heavy atom. The fourth-order valence-corrected chi connectivity index (χ4v) is 2.49. The van der Waals surface area contributed by atoms with E-state index in [1.807, 2.05) is 38.4 Å². The standard InChI is InChI=1S/C20H27N3/c1-4-5-6-7-10-17-11-8-9-12-20(17)22-21-18-13-15-19(16-14-18)23(2)3/h8-9,11-16H,4-7,10H2,1-3H3. The summed E-state index contributed by atoms with van der Waals surface area (Å²) in [5.41, 5.74) is 4.33. The number of nitrogens with zero attached hydrogens (tertiary/aromatic N) is 3. The van der Waals surface area contributed by atoms with Gasteiger partial charge in [0.25, 0.3) is 0 Å². The van der Waals surface area contributed by atoms with E-state index in [9.17, 15) is 0 Å². The lowest BCUT2D eigenvalue weighted by Crippen LogP contribution is -2.07. The number of rotatable bonds is 8. The monoisotopic (exact) mass is 309 g/mol. The van der Waals surface area contributed by atoms with E-state index < -0.39 is 0 Å². The van der Waals surface area contributed by atoms with Gasteiger partial charge in [-0.1, -0.05) is 44.4 Å². The van der Waals surface area contributed by atoms with Crippen LogP contribution >= 0.6 is 0 Å². The Bertz CT molecular complexity index is 615. The van der Waals surface area contributed by atoms with Crippen LogP contribution in [0, 0.1) is 0 Å². The summed E-state index contributed by atoms with van der Waals surface area (Å²) in [6, 6.07) is 16.4. The highest BCUT2D eigenvalue weighted by molar-refractivity contribution is 5.52. The molecule has 2 aromatic rings. The first kappa shape index (κ1) is 17.2. The zero-order valence-electron chi connectivity index (χ0n) is 14.5. The summed E-state index contributed by atoms with van der Waals surface area (Å²) in [6.07, 6.45) is 6.16. The van der Waals surface area contributed by atoms with Crippen molar-refractivity contribution in [1.82, 2.24) is 0 Å². The molecule has 0 unspecified atom stereocenters. The maximum atomic E-state index is 4.46. The fraction of sp³-hybridized carbons (Fsp3) is 0.400. The molecule has 0 radical (unpaired) electrons. The van der Waals surface area contributed by atoms with Crippen LogP contribution in [0.15, 0.2) is 58.8 Å². The fourth-order valence-electron chi connectivity index (χ4n) is 2.49. The lowest BCUT2D eigenvalue weighted by molar-refractivity contribution is 0.667. The first-order valence-electron chi connectivity index (χ1n) is 8.47. The number of anilines is 1. The molecule has 122 valence electrons. The third-order valence-electron chi connectivity index (χ3n) is 3.93. The minimum Gasteiger partial charge on any atom is -0.378 e. The van der Waals surface area contributed by atoms with Crippen molar-refractivity contribution >= 4 is 17.1 Å². The zero-order chi connectivity index (χ0) is 16.5. The Labute approximate surface area is 140 Å². The molecule has 0 atom stereocenters. The van der Waals surface area contributed by atoms with E-state index in [0.717, 1.165) is 17.8 Å². The van der Waals surface area contributed by atoms with Crippen LogP contribution < -0.4 is 4.90 Å². The van der Waals surface area contributed by atoms with Gasteiger partial charge in [0.05, 0.1) is 11.4 Å². The van der Waals surface area contributed by atoms with Crippen molar-refractivity contribution in [2.75, 3.05) is 19.0 Å². The molecule has 0 saturated carbocycles. The second-order valence-electron chi connectivity index (χ2n) is 6.05. The molecule has 0 amide bonds. The Morgan fingerprint density at radius 2 is 1.57 bits per heavy atom. The highest BCUT2D eigenvalue weighted by Gasteiger charge is 2.01. The van der Waals surface area contributed by atoms with E-state index >= 15 is 0 Å². The molecule has 2 aromatic carbocycles. The van der Waals surface area contributed by atoms with Gasteiger partial charge in [-0.3, -0.25) is 0 Å². The Morgan fingerprint density at radius 1 is 0.826 bits per heavy atom. The van der Waals surface area contributed by atoms with Crippen molar-refractivity contribution in [3.8, 4) is 0 Å². The smallest absolute Gasteiger partial charge is 0.0889 e. The van der Waals surface area contributed by atoms with E-state index in [4.69, 9.17) is 0 Å². The van der Waals surface area contributed by atoms with Crippen molar-refractivity contribution < 1.29 is 0 Å². The molecule has 0 heterocycles. The molecule has 3 nitrogen and oxygen atoms in total. The lowest BCUT2D eigenvalue weighted by atomic mass is 10.0. The molecule has 0 saturated heterocycles. The molecule has 0 aliphatic carbocycles. The summed E-state index contributed by atoms with van der Waals surface area (Å²) >= 11 is 0. The van der Waals surface area contributed by atoms with Crippen LogP contribution in [0.25, 0.3) is 0 Å². The maximum Gasteiger partial charge on any atom is 0.0889 e. The minimum absolute atomic E-state index is 0.886. The molecule has 23 heavy (non-hydrogen) atoms. The first-order valence-corrected chi connectivity index (χ1v) is 8.47. The zero-order valence-corrected chi connectivity index (χ0v) is 14.5. The largest absolute Gasteiger partial charge is 0.378 e. The molecular formula is C20H27N3. The average molecular weight is 309 g/mol. The van der Waals surface area contributed by atoms with E-state index in [1.54, 1.807) is 0 Å². The lowest BCUT2D eigenvalue weighted by Gasteiger charge is -2.11. The van der Waals surface area contributed by atoms with Crippen LogP contribution in [0.3, 0.4) is 0 Å². The van der Waals surface area contributed by atoms with Gasteiger partial charge in [-0.05, 0) is 48.7 Å². The van der Waals surface area contributed by atoms with Crippen molar-refractivity contribution in [3.63, 3.8) is 0 Å². The molecule has 0 fully saturated rings. The SMILES string of the molecule is CCCCCCc1ccccc1N=Nc1ccc(N(C)C)cc1. The third-order valence-corrected chi connectivity index (χ3v) is 3.93. The van der Waals surface area contributed by atoms with Crippen molar-refractivity contribution in [2.24, 2.45) is 10.2 Å². The normalized spacial score (nSPS) is 11.1. The Hall–Kier alpha value is -2.16. The Balaban J connectivity index is 2.03. The summed E-state index contributed by atoms with van der Waals surface area (Å²) in [5, 5.41) is 8.85. The minimum atomic E-state index is 0.886. The molecule has 0 N–H and O–H groups in total.